The normalized spacial score (nSPS) is 11.1. The Kier molecular flexibility index (Phi) is 5.05. The minimum atomic E-state index is -0.274. The summed E-state index contributed by atoms with van der Waals surface area (Å²) in [6.07, 6.45) is 3.12. The monoisotopic (exact) mass is 347 g/mol. The molecule has 1 N–H and O–H groups in total. The molecule has 5 nitrogen and oxygen atoms in total. The highest BCUT2D eigenvalue weighted by Crippen LogP contribution is 2.25. The van der Waals surface area contributed by atoms with Crippen LogP contribution in [0.3, 0.4) is 0 Å². The molecule has 0 aliphatic carbocycles. The molecule has 1 aromatic heterocycles. The topological polar surface area (TPSA) is 63.6 Å². The molecule has 0 saturated heterocycles. The molecule has 0 spiro atoms. The molecule has 108 valence electrons. The molecular formula is C15H14BrN3O2. The molecule has 1 heterocycles. The zero-order chi connectivity index (χ0) is 15.2. The molecule has 0 aliphatic heterocycles. The molecule has 0 fully saturated rings. The van der Waals surface area contributed by atoms with Gasteiger partial charge in [0.15, 0.2) is 0 Å². The van der Waals surface area contributed by atoms with E-state index in [9.17, 15) is 4.79 Å². The maximum absolute atomic E-state index is 11.9. The van der Waals surface area contributed by atoms with E-state index >= 15 is 0 Å². The second-order valence-electron chi connectivity index (χ2n) is 4.22. The van der Waals surface area contributed by atoms with Gasteiger partial charge < -0.3 is 4.74 Å². The van der Waals surface area contributed by atoms with Crippen molar-refractivity contribution in [3.05, 3.63) is 58.3 Å². The van der Waals surface area contributed by atoms with Crippen molar-refractivity contribution in [1.82, 2.24) is 10.4 Å². The number of benzene rings is 1. The molecule has 0 bridgehead atoms. The molecular weight excluding hydrogens is 334 g/mol. The average molecular weight is 348 g/mol. The molecule has 0 saturated carbocycles. The summed E-state index contributed by atoms with van der Waals surface area (Å²) in [6.45, 7) is 1.82. The summed E-state index contributed by atoms with van der Waals surface area (Å²) in [7, 11) is 1.61. The van der Waals surface area contributed by atoms with Crippen molar-refractivity contribution in [3.8, 4) is 5.75 Å². The lowest BCUT2D eigenvalue weighted by atomic mass is 10.1. The third-order valence-electron chi connectivity index (χ3n) is 2.84. The fourth-order valence-electron chi connectivity index (χ4n) is 1.66. The Morgan fingerprint density at radius 1 is 1.24 bits per heavy atom. The summed E-state index contributed by atoms with van der Waals surface area (Å²) in [4.78, 5) is 15.7. The van der Waals surface area contributed by atoms with Crippen LogP contribution in [0.5, 0.6) is 5.75 Å². The maximum Gasteiger partial charge on any atom is 0.271 e. The molecule has 6 heteroatoms. The molecule has 2 aromatic rings. The van der Waals surface area contributed by atoms with Crippen molar-refractivity contribution in [3.63, 3.8) is 0 Å². The maximum atomic E-state index is 11.9. The number of pyridine rings is 1. The van der Waals surface area contributed by atoms with Gasteiger partial charge in [-0.2, -0.15) is 5.10 Å². The van der Waals surface area contributed by atoms with Gasteiger partial charge in [0.2, 0.25) is 0 Å². The van der Waals surface area contributed by atoms with E-state index in [1.807, 2.05) is 25.1 Å². The van der Waals surface area contributed by atoms with Crippen LogP contribution in [-0.4, -0.2) is 23.7 Å². The summed E-state index contributed by atoms with van der Waals surface area (Å²) < 4.78 is 6.00. The lowest BCUT2D eigenvalue weighted by molar-refractivity contribution is 0.0954. The van der Waals surface area contributed by atoms with Crippen LogP contribution >= 0.6 is 15.9 Å². The van der Waals surface area contributed by atoms with Gasteiger partial charge in [-0.1, -0.05) is 0 Å². The number of hydrazone groups is 1. The fraction of sp³-hybridized carbons (Fsp3) is 0.133. The highest BCUT2D eigenvalue weighted by Gasteiger charge is 2.06. The number of amides is 1. The Hall–Kier alpha value is -2.21. The Balaban J connectivity index is 2.11. The zero-order valence-corrected chi connectivity index (χ0v) is 13.2. The molecule has 1 amide bonds. The number of carbonyl (C=O) groups is 1. The number of nitrogens with one attached hydrogen (secondary N) is 1. The number of rotatable bonds is 4. The average Bonchev–Trinajstić information content (AvgIpc) is 2.53. The standard InChI is InChI=1S/C15H14BrN3O2/c1-10(12-3-4-14(21-2)13(16)9-12)18-19-15(20)11-5-7-17-8-6-11/h3-9H,1-2H3,(H,19,20)/b18-10-. The SMILES string of the molecule is COc1ccc(/C(C)=N\NC(=O)c2ccncc2)cc1Br. The van der Waals surface area contributed by atoms with E-state index in [4.69, 9.17) is 4.74 Å². The Morgan fingerprint density at radius 3 is 2.57 bits per heavy atom. The van der Waals surface area contributed by atoms with Gasteiger partial charge in [0.05, 0.1) is 17.3 Å². The van der Waals surface area contributed by atoms with Crippen molar-refractivity contribution in [2.75, 3.05) is 7.11 Å². The number of aromatic nitrogens is 1. The number of hydrogen-bond donors (Lipinski definition) is 1. The molecule has 21 heavy (non-hydrogen) atoms. The first-order valence-corrected chi connectivity index (χ1v) is 6.99. The van der Waals surface area contributed by atoms with Crippen LogP contribution < -0.4 is 10.2 Å². The van der Waals surface area contributed by atoms with Gasteiger partial charge in [-0.3, -0.25) is 9.78 Å². The van der Waals surface area contributed by atoms with Crippen LogP contribution in [0.25, 0.3) is 0 Å². The summed E-state index contributed by atoms with van der Waals surface area (Å²) in [5.74, 6) is 0.469. The van der Waals surface area contributed by atoms with Gasteiger partial charge in [-0.05, 0) is 58.7 Å². The van der Waals surface area contributed by atoms with E-state index in [1.54, 1.807) is 31.6 Å². The van der Waals surface area contributed by atoms with Crippen LogP contribution in [0.1, 0.15) is 22.8 Å². The van der Waals surface area contributed by atoms with Gasteiger partial charge >= 0.3 is 0 Å². The number of methoxy groups -OCH3 is 1. The quantitative estimate of drug-likeness (QED) is 0.682. The molecule has 0 aliphatic rings. The van der Waals surface area contributed by atoms with Crippen molar-refractivity contribution in [1.29, 1.82) is 0 Å². The smallest absolute Gasteiger partial charge is 0.271 e. The second kappa shape index (κ2) is 6.99. The number of ether oxygens (including phenoxy) is 1. The first kappa shape index (κ1) is 15.2. The van der Waals surface area contributed by atoms with Gasteiger partial charge in [-0.15, -0.1) is 0 Å². The number of hydrogen-bond acceptors (Lipinski definition) is 4. The third kappa shape index (κ3) is 3.88. The Morgan fingerprint density at radius 2 is 1.95 bits per heavy atom. The van der Waals surface area contributed by atoms with Gasteiger partial charge in [0, 0.05) is 18.0 Å². The van der Waals surface area contributed by atoms with E-state index < -0.39 is 0 Å². The number of halogens is 1. The van der Waals surface area contributed by atoms with E-state index in [-0.39, 0.29) is 5.91 Å². The molecule has 0 unspecified atom stereocenters. The van der Waals surface area contributed by atoms with Crippen LogP contribution in [0, 0.1) is 0 Å². The zero-order valence-electron chi connectivity index (χ0n) is 11.6. The van der Waals surface area contributed by atoms with Crippen LogP contribution in [-0.2, 0) is 0 Å². The summed E-state index contributed by atoms with van der Waals surface area (Å²) in [6, 6.07) is 8.86. The van der Waals surface area contributed by atoms with E-state index in [0.29, 0.717) is 11.3 Å². The van der Waals surface area contributed by atoms with Crippen molar-refractivity contribution in [2.24, 2.45) is 5.10 Å². The van der Waals surface area contributed by atoms with Gasteiger partial charge in [0.1, 0.15) is 5.75 Å². The Bertz CT molecular complexity index is 672. The van der Waals surface area contributed by atoms with Crippen LogP contribution in [0.15, 0.2) is 52.3 Å². The van der Waals surface area contributed by atoms with Crippen molar-refractivity contribution < 1.29 is 9.53 Å². The lowest BCUT2D eigenvalue weighted by Gasteiger charge is -2.06. The first-order valence-electron chi connectivity index (χ1n) is 6.20. The highest BCUT2D eigenvalue weighted by atomic mass is 79.9. The summed E-state index contributed by atoms with van der Waals surface area (Å²) in [5.41, 5.74) is 4.61. The third-order valence-corrected chi connectivity index (χ3v) is 3.46. The molecule has 1 aromatic carbocycles. The fourth-order valence-corrected chi connectivity index (χ4v) is 2.20. The van der Waals surface area contributed by atoms with Crippen molar-refractivity contribution >= 4 is 27.5 Å². The first-order chi connectivity index (χ1) is 10.1. The second-order valence-corrected chi connectivity index (χ2v) is 5.08. The van der Waals surface area contributed by atoms with E-state index in [2.05, 4.69) is 31.4 Å². The summed E-state index contributed by atoms with van der Waals surface area (Å²) >= 11 is 3.42. The highest BCUT2D eigenvalue weighted by molar-refractivity contribution is 9.10. The van der Waals surface area contributed by atoms with Crippen LogP contribution in [0.4, 0.5) is 0 Å². The minimum absolute atomic E-state index is 0.274. The summed E-state index contributed by atoms with van der Waals surface area (Å²) in [5, 5.41) is 4.10. The predicted octanol–water partition coefficient (Wildman–Crippen LogP) is 3.01. The molecule has 0 radical (unpaired) electrons. The van der Waals surface area contributed by atoms with Crippen molar-refractivity contribution in [2.45, 2.75) is 6.92 Å². The van der Waals surface area contributed by atoms with E-state index in [1.165, 1.54) is 0 Å². The van der Waals surface area contributed by atoms with E-state index in [0.717, 1.165) is 15.8 Å². The van der Waals surface area contributed by atoms with Crippen LogP contribution in [0.2, 0.25) is 0 Å². The number of nitrogens with zero attached hydrogens (tertiary/aromatic N) is 2. The van der Waals surface area contributed by atoms with Gasteiger partial charge in [0.25, 0.3) is 5.91 Å². The predicted molar refractivity (Wildman–Crippen MR) is 84.6 cm³/mol. The largest absolute Gasteiger partial charge is 0.496 e. The van der Waals surface area contributed by atoms with Gasteiger partial charge in [-0.25, -0.2) is 5.43 Å². The number of carbonyl (C=O) groups excluding carboxylic acids is 1. The minimum Gasteiger partial charge on any atom is -0.496 e. The Labute approximate surface area is 131 Å². The lowest BCUT2D eigenvalue weighted by Crippen LogP contribution is -2.19. The molecule has 2 rings (SSSR count). The molecule has 0 atom stereocenters.